The Morgan fingerprint density at radius 3 is 2.53 bits per heavy atom. The molecule has 0 bridgehead atoms. The Bertz CT molecular complexity index is 282. The van der Waals surface area contributed by atoms with E-state index in [0.29, 0.717) is 5.41 Å². The van der Waals surface area contributed by atoms with Crippen molar-refractivity contribution in [2.45, 2.75) is 52.0 Å². The molecule has 0 spiro atoms. The minimum Gasteiger partial charge on any atom is -0.378 e. The van der Waals surface area contributed by atoms with Crippen LogP contribution in [0.25, 0.3) is 0 Å². The lowest BCUT2D eigenvalue weighted by Gasteiger charge is -2.49. The van der Waals surface area contributed by atoms with Crippen LogP contribution in [0.3, 0.4) is 0 Å². The van der Waals surface area contributed by atoms with Gasteiger partial charge in [0.1, 0.15) is 0 Å². The molecule has 1 N–H and O–H groups in total. The number of hydrogen-bond acceptors (Lipinski definition) is 3. The van der Waals surface area contributed by atoms with Crippen LogP contribution in [0.5, 0.6) is 0 Å². The van der Waals surface area contributed by atoms with Crippen molar-refractivity contribution >= 4 is 0 Å². The molecule has 1 heterocycles. The highest BCUT2D eigenvalue weighted by atomic mass is 16.5. The van der Waals surface area contributed by atoms with Gasteiger partial charge >= 0.3 is 0 Å². The Kier molecular flexibility index (Phi) is 4.91. The number of nitrogens with zero attached hydrogens (tertiary/aromatic N) is 1. The second-order valence-corrected chi connectivity index (χ2v) is 7.50. The standard InChI is InChI=1S/C16H32N2O/c1-14-5-7-16(8-6-14,11-17-4)12-18-9-10-19-13-15(18,2)3/h14,17H,5-13H2,1-4H3. The van der Waals surface area contributed by atoms with E-state index in [0.717, 1.165) is 32.2 Å². The molecule has 2 rings (SSSR count). The molecule has 0 unspecified atom stereocenters. The summed E-state index contributed by atoms with van der Waals surface area (Å²) < 4.78 is 5.66. The minimum atomic E-state index is 0.196. The van der Waals surface area contributed by atoms with E-state index in [-0.39, 0.29) is 5.54 Å². The number of ether oxygens (including phenoxy) is 1. The van der Waals surface area contributed by atoms with Gasteiger partial charge in [-0.25, -0.2) is 0 Å². The van der Waals surface area contributed by atoms with Crippen molar-refractivity contribution in [1.82, 2.24) is 10.2 Å². The topological polar surface area (TPSA) is 24.5 Å². The predicted octanol–water partition coefficient (Wildman–Crippen LogP) is 2.51. The molecule has 1 aliphatic carbocycles. The molecule has 2 aliphatic rings. The molecule has 0 aromatic carbocycles. The van der Waals surface area contributed by atoms with Crippen LogP contribution in [0, 0.1) is 11.3 Å². The van der Waals surface area contributed by atoms with Gasteiger partial charge < -0.3 is 10.1 Å². The molecular weight excluding hydrogens is 236 g/mol. The van der Waals surface area contributed by atoms with Crippen LogP contribution < -0.4 is 5.32 Å². The van der Waals surface area contributed by atoms with Crippen LogP contribution in [0.4, 0.5) is 0 Å². The lowest BCUT2D eigenvalue weighted by atomic mass is 9.70. The van der Waals surface area contributed by atoms with Crippen LogP contribution in [-0.2, 0) is 4.74 Å². The van der Waals surface area contributed by atoms with Gasteiger partial charge in [-0.1, -0.05) is 19.8 Å². The fraction of sp³-hybridized carbons (Fsp3) is 1.00. The summed E-state index contributed by atoms with van der Waals surface area (Å²) in [4.78, 5) is 2.67. The molecule has 0 amide bonds. The second kappa shape index (κ2) is 6.11. The first-order valence-electron chi connectivity index (χ1n) is 7.95. The largest absolute Gasteiger partial charge is 0.378 e. The molecule has 0 aromatic heterocycles. The summed E-state index contributed by atoms with van der Waals surface area (Å²) in [6.45, 7) is 12.3. The quantitative estimate of drug-likeness (QED) is 0.848. The lowest BCUT2D eigenvalue weighted by Crippen LogP contribution is -2.57. The van der Waals surface area contributed by atoms with E-state index in [2.05, 4.69) is 38.0 Å². The first kappa shape index (κ1) is 15.3. The summed E-state index contributed by atoms with van der Waals surface area (Å²) in [5.41, 5.74) is 0.678. The average Bonchev–Trinajstić information content (AvgIpc) is 2.36. The van der Waals surface area contributed by atoms with Crippen LogP contribution in [-0.4, -0.2) is 50.3 Å². The van der Waals surface area contributed by atoms with Gasteiger partial charge in [0.25, 0.3) is 0 Å². The molecule has 3 nitrogen and oxygen atoms in total. The summed E-state index contributed by atoms with van der Waals surface area (Å²) in [5.74, 6) is 0.919. The van der Waals surface area contributed by atoms with Gasteiger partial charge in [-0.05, 0) is 45.1 Å². The number of hydrogen-bond donors (Lipinski definition) is 1. The van der Waals surface area contributed by atoms with Gasteiger partial charge in [0.2, 0.25) is 0 Å². The Morgan fingerprint density at radius 1 is 1.26 bits per heavy atom. The normalized spacial score (nSPS) is 36.3. The van der Waals surface area contributed by atoms with Crippen molar-refractivity contribution in [3.05, 3.63) is 0 Å². The van der Waals surface area contributed by atoms with Crippen LogP contribution >= 0.6 is 0 Å². The van der Waals surface area contributed by atoms with Crippen LogP contribution in [0.15, 0.2) is 0 Å². The van der Waals surface area contributed by atoms with Crippen molar-refractivity contribution in [2.75, 3.05) is 39.9 Å². The maximum Gasteiger partial charge on any atom is 0.0645 e. The zero-order valence-electron chi connectivity index (χ0n) is 13.3. The van der Waals surface area contributed by atoms with Gasteiger partial charge in [0.15, 0.2) is 0 Å². The Balaban J connectivity index is 2.03. The maximum atomic E-state index is 5.66. The number of rotatable bonds is 4. The molecule has 1 aliphatic heterocycles. The third-order valence-electron chi connectivity index (χ3n) is 5.23. The fourth-order valence-electron chi connectivity index (χ4n) is 3.73. The van der Waals surface area contributed by atoms with Crippen molar-refractivity contribution in [2.24, 2.45) is 11.3 Å². The highest BCUT2D eigenvalue weighted by Gasteiger charge is 2.40. The summed E-state index contributed by atoms with van der Waals surface area (Å²) in [7, 11) is 2.10. The van der Waals surface area contributed by atoms with Crippen molar-refractivity contribution in [3.8, 4) is 0 Å². The summed E-state index contributed by atoms with van der Waals surface area (Å²) in [6, 6.07) is 0. The van der Waals surface area contributed by atoms with Crippen molar-refractivity contribution < 1.29 is 4.74 Å². The van der Waals surface area contributed by atoms with E-state index in [4.69, 9.17) is 4.74 Å². The Morgan fingerprint density at radius 2 is 1.95 bits per heavy atom. The number of morpholine rings is 1. The van der Waals surface area contributed by atoms with E-state index >= 15 is 0 Å². The first-order valence-corrected chi connectivity index (χ1v) is 7.95. The molecular formula is C16H32N2O. The van der Waals surface area contributed by atoms with Gasteiger partial charge in [-0.3, -0.25) is 4.90 Å². The lowest BCUT2D eigenvalue weighted by molar-refractivity contribution is -0.0738. The molecule has 0 radical (unpaired) electrons. The molecule has 0 atom stereocenters. The summed E-state index contributed by atoms with van der Waals surface area (Å²) >= 11 is 0. The molecule has 0 aromatic rings. The highest BCUT2D eigenvalue weighted by Crippen LogP contribution is 2.40. The van der Waals surface area contributed by atoms with Gasteiger partial charge in [-0.15, -0.1) is 0 Å². The predicted molar refractivity (Wildman–Crippen MR) is 80.5 cm³/mol. The van der Waals surface area contributed by atoms with E-state index in [9.17, 15) is 0 Å². The zero-order chi connectivity index (χ0) is 13.9. The number of nitrogens with one attached hydrogen (secondary N) is 1. The van der Waals surface area contributed by atoms with Crippen molar-refractivity contribution in [3.63, 3.8) is 0 Å². The van der Waals surface area contributed by atoms with Crippen molar-refractivity contribution in [1.29, 1.82) is 0 Å². The second-order valence-electron chi connectivity index (χ2n) is 7.50. The smallest absolute Gasteiger partial charge is 0.0645 e. The fourth-order valence-corrected chi connectivity index (χ4v) is 3.73. The van der Waals surface area contributed by atoms with Crippen LogP contribution in [0.1, 0.15) is 46.5 Å². The Hall–Kier alpha value is -0.120. The van der Waals surface area contributed by atoms with E-state index in [1.807, 2.05) is 0 Å². The van der Waals surface area contributed by atoms with Gasteiger partial charge in [0, 0.05) is 25.2 Å². The third kappa shape index (κ3) is 3.71. The molecule has 2 fully saturated rings. The van der Waals surface area contributed by atoms with Crippen LogP contribution in [0.2, 0.25) is 0 Å². The summed E-state index contributed by atoms with van der Waals surface area (Å²) in [5, 5.41) is 3.45. The SMILES string of the molecule is CNCC1(CN2CCOCC2(C)C)CCC(C)CC1. The first-order chi connectivity index (χ1) is 8.97. The molecule has 1 saturated heterocycles. The van der Waals surface area contributed by atoms with E-state index in [1.165, 1.54) is 32.2 Å². The average molecular weight is 268 g/mol. The molecule has 19 heavy (non-hydrogen) atoms. The monoisotopic (exact) mass is 268 g/mol. The molecule has 3 heteroatoms. The molecule has 112 valence electrons. The third-order valence-corrected chi connectivity index (χ3v) is 5.23. The summed E-state index contributed by atoms with van der Waals surface area (Å²) in [6.07, 6.45) is 5.55. The van der Waals surface area contributed by atoms with E-state index in [1.54, 1.807) is 0 Å². The maximum absolute atomic E-state index is 5.66. The zero-order valence-corrected chi connectivity index (χ0v) is 13.3. The Labute approximate surface area is 119 Å². The highest BCUT2D eigenvalue weighted by molar-refractivity contribution is 4.94. The van der Waals surface area contributed by atoms with E-state index < -0.39 is 0 Å². The van der Waals surface area contributed by atoms with Gasteiger partial charge in [0.05, 0.1) is 13.2 Å². The molecule has 1 saturated carbocycles. The minimum absolute atomic E-state index is 0.196. The van der Waals surface area contributed by atoms with Gasteiger partial charge in [-0.2, -0.15) is 0 Å².